The molecule has 3 rings (SSSR count). The molecule has 0 atom stereocenters. The van der Waals surface area contributed by atoms with E-state index in [2.05, 4.69) is 9.97 Å². The highest BCUT2D eigenvalue weighted by molar-refractivity contribution is 5.81. The van der Waals surface area contributed by atoms with E-state index in [1.54, 1.807) is 0 Å². The molecule has 94 valence electrons. The van der Waals surface area contributed by atoms with Gasteiger partial charge in [-0.15, -0.1) is 0 Å². The first-order valence-corrected chi connectivity index (χ1v) is 5.76. The fraction of sp³-hybridized carbons (Fsp3) is 0.0714. The number of fused-ring (bicyclic) bond motifs is 1. The van der Waals surface area contributed by atoms with E-state index in [4.69, 9.17) is 4.74 Å². The molecule has 2 aromatic heterocycles. The summed E-state index contributed by atoms with van der Waals surface area (Å²) in [5.74, 6) is 1.03. The number of hydrogen-bond donors (Lipinski definition) is 0. The van der Waals surface area contributed by atoms with E-state index in [9.17, 15) is 4.79 Å². The summed E-state index contributed by atoms with van der Waals surface area (Å²) in [4.78, 5) is 18.4. The van der Waals surface area contributed by atoms with Gasteiger partial charge >= 0.3 is 0 Å². The van der Waals surface area contributed by atoms with Crippen molar-refractivity contribution in [1.82, 2.24) is 14.5 Å². The van der Waals surface area contributed by atoms with Crippen LogP contribution in [0.15, 0.2) is 42.9 Å². The van der Waals surface area contributed by atoms with Crippen LogP contribution in [0.25, 0.3) is 10.9 Å². The summed E-state index contributed by atoms with van der Waals surface area (Å²) in [6.07, 6.45) is 3.96. The molecule has 0 N–H and O–H groups in total. The van der Waals surface area contributed by atoms with Crippen LogP contribution in [0.3, 0.4) is 0 Å². The molecule has 0 aliphatic rings. The Morgan fingerprint density at radius 2 is 2.11 bits per heavy atom. The zero-order valence-electron chi connectivity index (χ0n) is 10.3. The number of rotatable bonds is 3. The van der Waals surface area contributed by atoms with Crippen LogP contribution in [-0.4, -0.2) is 20.8 Å². The summed E-state index contributed by atoms with van der Waals surface area (Å²) in [6, 6.07) is 9.29. The lowest BCUT2D eigenvalue weighted by Crippen LogP contribution is -1.92. The predicted octanol–water partition coefficient (Wildman–Crippen LogP) is 2.57. The minimum absolute atomic E-state index is 0.297. The van der Waals surface area contributed by atoms with Crippen molar-refractivity contribution >= 4 is 17.2 Å². The van der Waals surface area contributed by atoms with Crippen molar-refractivity contribution in [1.29, 1.82) is 0 Å². The van der Waals surface area contributed by atoms with Gasteiger partial charge in [0.05, 0.1) is 0 Å². The Hall–Kier alpha value is -2.69. The molecule has 19 heavy (non-hydrogen) atoms. The van der Waals surface area contributed by atoms with Gasteiger partial charge in [0.1, 0.15) is 17.8 Å². The Morgan fingerprint density at radius 3 is 2.95 bits per heavy atom. The van der Waals surface area contributed by atoms with Crippen LogP contribution in [0.1, 0.15) is 10.5 Å². The SMILES string of the molecule is Cn1ccc2cc(Oc3cc(C=O)ncn3)ccc21. The summed E-state index contributed by atoms with van der Waals surface area (Å²) >= 11 is 0. The Balaban J connectivity index is 1.93. The largest absolute Gasteiger partial charge is 0.439 e. The maximum atomic E-state index is 10.6. The smallest absolute Gasteiger partial charge is 0.222 e. The van der Waals surface area contributed by atoms with E-state index in [0.717, 1.165) is 10.9 Å². The number of hydrogen-bond acceptors (Lipinski definition) is 4. The second kappa shape index (κ2) is 4.53. The Morgan fingerprint density at radius 1 is 1.21 bits per heavy atom. The summed E-state index contributed by atoms with van der Waals surface area (Å²) < 4.78 is 7.65. The molecule has 0 fully saturated rings. The van der Waals surface area contributed by atoms with Crippen molar-refractivity contribution in [3.63, 3.8) is 0 Å². The average molecular weight is 253 g/mol. The zero-order chi connectivity index (χ0) is 13.2. The molecule has 0 unspecified atom stereocenters. The van der Waals surface area contributed by atoms with Gasteiger partial charge in [-0.2, -0.15) is 0 Å². The predicted molar refractivity (Wildman–Crippen MR) is 70.4 cm³/mol. The van der Waals surface area contributed by atoms with Gasteiger partial charge in [-0.25, -0.2) is 9.97 Å². The van der Waals surface area contributed by atoms with Crippen LogP contribution < -0.4 is 4.74 Å². The normalized spacial score (nSPS) is 10.6. The summed E-state index contributed by atoms with van der Waals surface area (Å²) in [7, 11) is 1.99. The Bertz CT molecular complexity index is 749. The van der Waals surface area contributed by atoms with Gasteiger partial charge in [-0.3, -0.25) is 4.79 Å². The lowest BCUT2D eigenvalue weighted by Gasteiger charge is -2.05. The molecule has 0 amide bonds. The van der Waals surface area contributed by atoms with Crippen LogP contribution in [0.2, 0.25) is 0 Å². The van der Waals surface area contributed by atoms with Gasteiger partial charge in [-0.05, 0) is 24.3 Å². The molecule has 5 nitrogen and oxygen atoms in total. The molecule has 5 heteroatoms. The molecule has 1 aromatic carbocycles. The van der Waals surface area contributed by atoms with Crippen molar-refractivity contribution < 1.29 is 9.53 Å². The first-order valence-electron chi connectivity index (χ1n) is 5.76. The number of carbonyl (C=O) groups is 1. The van der Waals surface area contributed by atoms with E-state index < -0.39 is 0 Å². The number of aryl methyl sites for hydroxylation is 1. The van der Waals surface area contributed by atoms with Gasteiger partial charge in [0.15, 0.2) is 6.29 Å². The van der Waals surface area contributed by atoms with Gasteiger partial charge in [0.25, 0.3) is 0 Å². The molecule has 0 radical (unpaired) electrons. The van der Waals surface area contributed by atoms with Crippen molar-refractivity contribution in [3.05, 3.63) is 48.5 Å². The molecular weight excluding hydrogens is 242 g/mol. The number of nitrogens with zero attached hydrogens (tertiary/aromatic N) is 3. The van der Waals surface area contributed by atoms with Crippen LogP contribution in [0.5, 0.6) is 11.6 Å². The molecule has 3 aromatic rings. The van der Waals surface area contributed by atoms with E-state index in [0.29, 0.717) is 23.6 Å². The number of ether oxygens (including phenoxy) is 1. The third-order valence-electron chi connectivity index (χ3n) is 2.86. The molecule has 0 saturated heterocycles. The second-order valence-corrected chi connectivity index (χ2v) is 4.15. The molecule has 0 bridgehead atoms. The molecule has 0 aliphatic heterocycles. The van der Waals surface area contributed by atoms with E-state index in [-0.39, 0.29) is 0 Å². The standard InChI is InChI=1S/C14H11N3O2/c1-17-5-4-10-6-12(2-3-13(10)17)19-14-7-11(8-18)15-9-16-14/h2-9H,1H3. The lowest BCUT2D eigenvalue weighted by molar-refractivity contribution is 0.111. The number of carbonyl (C=O) groups excluding carboxylic acids is 1. The average Bonchev–Trinajstić information content (AvgIpc) is 2.80. The van der Waals surface area contributed by atoms with Crippen LogP contribution in [-0.2, 0) is 7.05 Å². The number of benzene rings is 1. The van der Waals surface area contributed by atoms with Crippen molar-refractivity contribution in [2.75, 3.05) is 0 Å². The first-order chi connectivity index (χ1) is 9.26. The number of aldehydes is 1. The minimum atomic E-state index is 0.297. The van der Waals surface area contributed by atoms with Crippen molar-refractivity contribution in [2.24, 2.45) is 7.05 Å². The molecule has 0 saturated carbocycles. The van der Waals surface area contributed by atoms with Gasteiger partial charge in [0.2, 0.25) is 5.88 Å². The van der Waals surface area contributed by atoms with Gasteiger partial charge in [0, 0.05) is 30.2 Å². The molecular formula is C14H11N3O2. The highest BCUT2D eigenvalue weighted by atomic mass is 16.5. The zero-order valence-corrected chi connectivity index (χ0v) is 10.3. The Labute approximate surface area is 109 Å². The maximum absolute atomic E-state index is 10.6. The highest BCUT2D eigenvalue weighted by Crippen LogP contribution is 2.24. The summed E-state index contributed by atoms with van der Waals surface area (Å²) in [6.45, 7) is 0. The van der Waals surface area contributed by atoms with Crippen molar-refractivity contribution in [2.45, 2.75) is 0 Å². The fourth-order valence-corrected chi connectivity index (χ4v) is 1.92. The maximum Gasteiger partial charge on any atom is 0.222 e. The fourth-order valence-electron chi connectivity index (χ4n) is 1.92. The van der Waals surface area contributed by atoms with E-state index in [1.165, 1.54) is 12.4 Å². The second-order valence-electron chi connectivity index (χ2n) is 4.15. The van der Waals surface area contributed by atoms with E-state index in [1.807, 2.05) is 42.1 Å². The van der Waals surface area contributed by atoms with Crippen molar-refractivity contribution in [3.8, 4) is 11.6 Å². The van der Waals surface area contributed by atoms with Gasteiger partial charge in [-0.1, -0.05) is 0 Å². The Kier molecular flexibility index (Phi) is 2.72. The van der Waals surface area contributed by atoms with Crippen LogP contribution >= 0.6 is 0 Å². The molecule has 0 aliphatic carbocycles. The lowest BCUT2D eigenvalue weighted by atomic mass is 10.2. The topological polar surface area (TPSA) is 57.0 Å². The number of aromatic nitrogens is 3. The first kappa shape index (κ1) is 11.4. The summed E-state index contributed by atoms with van der Waals surface area (Å²) in [5, 5.41) is 1.09. The monoisotopic (exact) mass is 253 g/mol. The van der Waals surface area contributed by atoms with Gasteiger partial charge < -0.3 is 9.30 Å². The van der Waals surface area contributed by atoms with E-state index >= 15 is 0 Å². The third-order valence-corrected chi connectivity index (χ3v) is 2.86. The highest BCUT2D eigenvalue weighted by Gasteiger charge is 2.03. The molecule has 2 heterocycles. The summed E-state index contributed by atoms with van der Waals surface area (Å²) in [5.41, 5.74) is 1.43. The van der Waals surface area contributed by atoms with Crippen LogP contribution in [0.4, 0.5) is 0 Å². The third kappa shape index (κ3) is 2.18. The minimum Gasteiger partial charge on any atom is -0.439 e. The quantitative estimate of drug-likeness (QED) is 0.673. The molecule has 0 spiro atoms. The van der Waals surface area contributed by atoms with Crippen LogP contribution in [0, 0.1) is 0 Å².